The molecule has 4 nitrogen and oxygen atoms in total. The van der Waals surface area contributed by atoms with E-state index in [0.29, 0.717) is 24.8 Å². The second-order valence-corrected chi connectivity index (χ2v) is 4.71. The molecule has 0 saturated heterocycles. The van der Waals surface area contributed by atoms with E-state index in [2.05, 4.69) is 18.3 Å². The van der Waals surface area contributed by atoms with Crippen molar-refractivity contribution in [3.05, 3.63) is 35.4 Å². The van der Waals surface area contributed by atoms with Crippen LogP contribution in [0.15, 0.2) is 24.3 Å². The van der Waals surface area contributed by atoms with Crippen LogP contribution in [0.5, 0.6) is 0 Å². The van der Waals surface area contributed by atoms with E-state index in [-0.39, 0.29) is 6.04 Å². The van der Waals surface area contributed by atoms with Crippen LogP contribution in [0.2, 0.25) is 0 Å². The quantitative estimate of drug-likeness (QED) is 0.750. The standard InChI is InChI=1S/C15H23N3O/c1-12(14-7-5-13(10-17)6-8-14)18-15(11-19-2)4-3-9-16/h5-8,12,15,18H,3-4,9,11,16H2,1-2H3. The van der Waals surface area contributed by atoms with E-state index >= 15 is 0 Å². The molecule has 0 heterocycles. The van der Waals surface area contributed by atoms with Gasteiger partial charge in [-0.05, 0) is 44.0 Å². The third-order valence-corrected chi connectivity index (χ3v) is 3.15. The van der Waals surface area contributed by atoms with E-state index in [1.807, 2.05) is 24.3 Å². The maximum Gasteiger partial charge on any atom is 0.0991 e. The molecule has 3 N–H and O–H groups in total. The van der Waals surface area contributed by atoms with Crippen LogP contribution in [0.3, 0.4) is 0 Å². The summed E-state index contributed by atoms with van der Waals surface area (Å²) in [6.07, 6.45) is 1.99. The molecular formula is C15H23N3O. The smallest absolute Gasteiger partial charge is 0.0991 e. The average Bonchev–Trinajstić information content (AvgIpc) is 2.45. The van der Waals surface area contributed by atoms with Crippen molar-refractivity contribution < 1.29 is 4.74 Å². The molecule has 1 aromatic carbocycles. The molecular weight excluding hydrogens is 238 g/mol. The fourth-order valence-corrected chi connectivity index (χ4v) is 2.08. The first-order valence-corrected chi connectivity index (χ1v) is 6.66. The van der Waals surface area contributed by atoms with Gasteiger partial charge < -0.3 is 15.8 Å². The largest absolute Gasteiger partial charge is 0.383 e. The molecule has 0 fully saturated rings. The van der Waals surface area contributed by atoms with Gasteiger partial charge in [-0.25, -0.2) is 0 Å². The second-order valence-electron chi connectivity index (χ2n) is 4.71. The first-order valence-electron chi connectivity index (χ1n) is 6.66. The van der Waals surface area contributed by atoms with Crippen molar-refractivity contribution in [2.45, 2.75) is 31.8 Å². The number of benzene rings is 1. The van der Waals surface area contributed by atoms with Gasteiger partial charge in [0.25, 0.3) is 0 Å². The Labute approximate surface area is 115 Å². The highest BCUT2D eigenvalue weighted by molar-refractivity contribution is 5.32. The highest BCUT2D eigenvalue weighted by atomic mass is 16.5. The molecule has 2 atom stereocenters. The minimum absolute atomic E-state index is 0.227. The van der Waals surface area contributed by atoms with Crippen molar-refractivity contribution in [2.24, 2.45) is 5.73 Å². The summed E-state index contributed by atoms with van der Waals surface area (Å²) in [5.41, 5.74) is 7.41. The van der Waals surface area contributed by atoms with Gasteiger partial charge in [-0.1, -0.05) is 12.1 Å². The van der Waals surface area contributed by atoms with Crippen molar-refractivity contribution in [2.75, 3.05) is 20.3 Å². The maximum absolute atomic E-state index is 8.79. The molecule has 0 saturated carbocycles. The number of hydrogen-bond donors (Lipinski definition) is 2. The lowest BCUT2D eigenvalue weighted by Crippen LogP contribution is -2.35. The van der Waals surface area contributed by atoms with E-state index < -0.39 is 0 Å². The van der Waals surface area contributed by atoms with Crippen LogP contribution in [0, 0.1) is 11.3 Å². The van der Waals surface area contributed by atoms with Crippen molar-refractivity contribution in [3.8, 4) is 6.07 Å². The molecule has 1 aromatic rings. The number of nitrogens with zero attached hydrogens (tertiary/aromatic N) is 1. The van der Waals surface area contributed by atoms with Gasteiger partial charge in [0.2, 0.25) is 0 Å². The number of rotatable bonds is 8. The summed E-state index contributed by atoms with van der Waals surface area (Å²) in [5.74, 6) is 0. The van der Waals surface area contributed by atoms with E-state index in [4.69, 9.17) is 15.7 Å². The van der Waals surface area contributed by atoms with Gasteiger partial charge in [0, 0.05) is 19.2 Å². The summed E-state index contributed by atoms with van der Waals surface area (Å²) >= 11 is 0. The predicted molar refractivity (Wildman–Crippen MR) is 76.7 cm³/mol. The van der Waals surface area contributed by atoms with Crippen LogP contribution in [-0.4, -0.2) is 26.3 Å². The van der Waals surface area contributed by atoms with Gasteiger partial charge in [0.15, 0.2) is 0 Å². The Hall–Kier alpha value is -1.41. The van der Waals surface area contributed by atoms with E-state index in [1.165, 1.54) is 5.56 Å². The highest BCUT2D eigenvalue weighted by Gasteiger charge is 2.13. The van der Waals surface area contributed by atoms with Crippen molar-refractivity contribution in [3.63, 3.8) is 0 Å². The summed E-state index contributed by atoms with van der Waals surface area (Å²) in [5, 5.41) is 12.3. The van der Waals surface area contributed by atoms with Crippen LogP contribution < -0.4 is 11.1 Å². The van der Waals surface area contributed by atoms with E-state index in [9.17, 15) is 0 Å². The number of methoxy groups -OCH3 is 1. The van der Waals surface area contributed by atoms with Crippen molar-refractivity contribution >= 4 is 0 Å². The van der Waals surface area contributed by atoms with Crippen LogP contribution in [0.25, 0.3) is 0 Å². The van der Waals surface area contributed by atoms with Crippen LogP contribution in [0.1, 0.15) is 36.9 Å². The van der Waals surface area contributed by atoms with Gasteiger partial charge >= 0.3 is 0 Å². The average molecular weight is 261 g/mol. The molecule has 0 aliphatic heterocycles. The Morgan fingerprint density at radius 2 is 2.05 bits per heavy atom. The van der Waals surface area contributed by atoms with Crippen LogP contribution >= 0.6 is 0 Å². The minimum atomic E-state index is 0.227. The van der Waals surface area contributed by atoms with Crippen molar-refractivity contribution in [1.29, 1.82) is 5.26 Å². The molecule has 0 spiro atoms. The Balaban J connectivity index is 2.59. The van der Waals surface area contributed by atoms with E-state index in [1.54, 1.807) is 7.11 Å². The molecule has 0 aliphatic carbocycles. The Morgan fingerprint density at radius 1 is 1.37 bits per heavy atom. The third-order valence-electron chi connectivity index (χ3n) is 3.15. The highest BCUT2D eigenvalue weighted by Crippen LogP contribution is 2.15. The lowest BCUT2D eigenvalue weighted by atomic mass is 10.0. The number of hydrogen-bond acceptors (Lipinski definition) is 4. The number of ether oxygens (including phenoxy) is 1. The zero-order valence-corrected chi connectivity index (χ0v) is 11.7. The summed E-state index contributed by atoms with van der Waals surface area (Å²) in [6.45, 7) is 3.50. The Bertz CT molecular complexity index is 397. The van der Waals surface area contributed by atoms with Gasteiger partial charge in [-0.2, -0.15) is 5.26 Å². The number of nitrogens with one attached hydrogen (secondary N) is 1. The second kappa shape index (κ2) is 8.65. The zero-order valence-electron chi connectivity index (χ0n) is 11.7. The molecule has 0 amide bonds. The molecule has 0 bridgehead atoms. The Morgan fingerprint density at radius 3 is 2.58 bits per heavy atom. The minimum Gasteiger partial charge on any atom is -0.383 e. The third kappa shape index (κ3) is 5.39. The molecule has 1 rings (SSSR count). The lowest BCUT2D eigenvalue weighted by Gasteiger charge is -2.23. The summed E-state index contributed by atoms with van der Waals surface area (Å²) < 4.78 is 5.23. The normalized spacial score (nSPS) is 13.8. The van der Waals surface area contributed by atoms with Crippen molar-refractivity contribution in [1.82, 2.24) is 5.32 Å². The SMILES string of the molecule is COCC(CCCN)NC(C)c1ccc(C#N)cc1. The van der Waals surface area contributed by atoms with Gasteiger partial charge in [-0.15, -0.1) is 0 Å². The first kappa shape index (κ1) is 15.6. The summed E-state index contributed by atoms with van der Waals surface area (Å²) in [7, 11) is 1.71. The van der Waals surface area contributed by atoms with Crippen LogP contribution in [0.4, 0.5) is 0 Å². The maximum atomic E-state index is 8.79. The van der Waals surface area contributed by atoms with Gasteiger partial charge in [0.1, 0.15) is 0 Å². The topological polar surface area (TPSA) is 71.1 Å². The Kier molecular flexibility index (Phi) is 7.12. The summed E-state index contributed by atoms with van der Waals surface area (Å²) in [6, 6.07) is 10.3. The molecule has 19 heavy (non-hydrogen) atoms. The monoisotopic (exact) mass is 261 g/mol. The first-order chi connectivity index (χ1) is 9.21. The van der Waals surface area contributed by atoms with Gasteiger partial charge in [-0.3, -0.25) is 0 Å². The number of nitriles is 1. The lowest BCUT2D eigenvalue weighted by molar-refractivity contribution is 0.156. The molecule has 0 aliphatic rings. The fraction of sp³-hybridized carbons (Fsp3) is 0.533. The molecule has 0 aromatic heterocycles. The zero-order chi connectivity index (χ0) is 14.1. The number of nitrogens with two attached hydrogens (primary N) is 1. The fourth-order valence-electron chi connectivity index (χ4n) is 2.08. The summed E-state index contributed by atoms with van der Waals surface area (Å²) in [4.78, 5) is 0. The predicted octanol–water partition coefficient (Wildman–Crippen LogP) is 1.96. The van der Waals surface area contributed by atoms with Gasteiger partial charge in [0.05, 0.1) is 18.2 Å². The molecule has 2 unspecified atom stereocenters. The van der Waals surface area contributed by atoms with E-state index in [0.717, 1.165) is 12.8 Å². The molecule has 0 radical (unpaired) electrons. The molecule has 104 valence electrons. The molecule has 4 heteroatoms. The van der Waals surface area contributed by atoms with Crippen LogP contribution in [-0.2, 0) is 4.74 Å².